The van der Waals surface area contributed by atoms with Gasteiger partial charge in [-0.3, -0.25) is 19.6 Å². The second kappa shape index (κ2) is 5.43. The van der Waals surface area contributed by atoms with Crippen molar-refractivity contribution >= 4 is 11.6 Å². The summed E-state index contributed by atoms with van der Waals surface area (Å²) in [6, 6.07) is 2.76. The molecule has 104 valence electrons. The van der Waals surface area contributed by atoms with E-state index in [1.165, 1.54) is 11.0 Å². The minimum absolute atomic E-state index is 0.00179. The maximum atomic E-state index is 13.5. The number of non-ortho nitro benzene ring substituents is 1. The lowest BCUT2D eigenvalue weighted by atomic mass is 10.1. The summed E-state index contributed by atoms with van der Waals surface area (Å²) in [5, 5.41) is 16.9. The number of nitrogens with zero attached hydrogens (tertiary/aromatic N) is 4. The van der Waals surface area contributed by atoms with E-state index in [0.29, 0.717) is 5.82 Å². The van der Waals surface area contributed by atoms with Gasteiger partial charge >= 0.3 is 0 Å². The third-order valence-corrected chi connectivity index (χ3v) is 2.46. The van der Waals surface area contributed by atoms with Crippen LogP contribution in [0.2, 0.25) is 0 Å². The van der Waals surface area contributed by atoms with Crippen molar-refractivity contribution in [2.75, 3.05) is 0 Å². The fraction of sp³-hybridized carbons (Fsp3) is 0.182. The Hall–Kier alpha value is -2.84. The molecular weight excluding hydrogens is 269 g/mol. The van der Waals surface area contributed by atoms with Crippen molar-refractivity contribution < 1.29 is 14.1 Å². The number of amides is 1. The van der Waals surface area contributed by atoms with Crippen LogP contribution in [0.15, 0.2) is 24.5 Å². The smallest absolute Gasteiger partial charge is 0.270 e. The van der Waals surface area contributed by atoms with Gasteiger partial charge in [0.2, 0.25) is 0 Å². The lowest BCUT2D eigenvalue weighted by molar-refractivity contribution is -0.384. The first-order chi connectivity index (χ1) is 9.47. The maximum absolute atomic E-state index is 13.5. The molecule has 9 heteroatoms. The minimum atomic E-state index is -0.831. The number of hydrogen-bond acceptors (Lipinski definition) is 5. The summed E-state index contributed by atoms with van der Waals surface area (Å²) < 4.78 is 14.9. The molecule has 0 saturated heterocycles. The molecule has 0 aliphatic carbocycles. The van der Waals surface area contributed by atoms with Crippen molar-refractivity contribution in [3.63, 3.8) is 0 Å². The average molecular weight is 279 g/mol. The Morgan fingerprint density at radius 1 is 1.55 bits per heavy atom. The average Bonchev–Trinajstić information content (AvgIpc) is 2.82. The van der Waals surface area contributed by atoms with E-state index in [-0.39, 0.29) is 12.2 Å². The van der Waals surface area contributed by atoms with Crippen LogP contribution in [-0.2, 0) is 13.6 Å². The first kappa shape index (κ1) is 13.6. The van der Waals surface area contributed by atoms with Crippen LogP contribution in [0.5, 0.6) is 0 Å². The summed E-state index contributed by atoms with van der Waals surface area (Å²) >= 11 is 0. The molecule has 1 aromatic carbocycles. The summed E-state index contributed by atoms with van der Waals surface area (Å²) in [5.74, 6) is -1.24. The molecule has 8 nitrogen and oxygen atoms in total. The van der Waals surface area contributed by atoms with E-state index < -0.39 is 22.2 Å². The van der Waals surface area contributed by atoms with E-state index >= 15 is 0 Å². The number of nitro groups is 1. The fourth-order valence-electron chi connectivity index (χ4n) is 1.52. The van der Waals surface area contributed by atoms with Gasteiger partial charge in [-0.2, -0.15) is 5.10 Å². The lowest BCUT2D eigenvalue weighted by Gasteiger charge is -2.04. The number of hydrogen-bond donors (Lipinski definition) is 1. The molecule has 1 amide bonds. The zero-order valence-corrected chi connectivity index (χ0v) is 10.4. The van der Waals surface area contributed by atoms with Gasteiger partial charge in [0.1, 0.15) is 12.1 Å². The predicted molar refractivity (Wildman–Crippen MR) is 65.2 cm³/mol. The van der Waals surface area contributed by atoms with E-state index in [2.05, 4.69) is 15.4 Å². The Balaban J connectivity index is 2.12. The number of halogens is 1. The number of benzene rings is 1. The number of aryl methyl sites for hydroxylation is 1. The van der Waals surface area contributed by atoms with Crippen LogP contribution < -0.4 is 5.32 Å². The first-order valence-corrected chi connectivity index (χ1v) is 5.54. The Bertz CT molecular complexity index is 670. The normalized spacial score (nSPS) is 10.3. The van der Waals surface area contributed by atoms with Gasteiger partial charge in [0.25, 0.3) is 11.6 Å². The molecule has 2 rings (SSSR count). The van der Waals surface area contributed by atoms with Gasteiger partial charge in [0, 0.05) is 19.2 Å². The number of aromatic nitrogens is 3. The number of nitrogens with one attached hydrogen (secondary N) is 1. The largest absolute Gasteiger partial charge is 0.345 e. The zero-order chi connectivity index (χ0) is 14.7. The topological polar surface area (TPSA) is 103 Å². The highest BCUT2D eigenvalue weighted by Gasteiger charge is 2.17. The van der Waals surface area contributed by atoms with Crippen LogP contribution >= 0.6 is 0 Å². The minimum Gasteiger partial charge on any atom is -0.345 e. The fourth-order valence-corrected chi connectivity index (χ4v) is 1.52. The Kier molecular flexibility index (Phi) is 3.69. The van der Waals surface area contributed by atoms with Crippen LogP contribution in [0.1, 0.15) is 16.2 Å². The summed E-state index contributed by atoms with van der Waals surface area (Å²) in [5.41, 5.74) is -0.748. The number of carbonyl (C=O) groups is 1. The molecule has 0 aliphatic rings. The third kappa shape index (κ3) is 2.94. The molecule has 0 spiro atoms. The van der Waals surface area contributed by atoms with Crippen molar-refractivity contribution in [3.05, 3.63) is 51.8 Å². The molecule has 2 aromatic rings. The van der Waals surface area contributed by atoms with Gasteiger partial charge in [-0.1, -0.05) is 0 Å². The zero-order valence-electron chi connectivity index (χ0n) is 10.4. The summed E-state index contributed by atoms with van der Waals surface area (Å²) in [4.78, 5) is 25.6. The molecule has 20 heavy (non-hydrogen) atoms. The SMILES string of the molecule is Cn1cnc(CNC(=O)c2cc([N+](=O)[O-])ccc2F)n1. The van der Waals surface area contributed by atoms with Gasteiger partial charge in [-0.15, -0.1) is 0 Å². The van der Waals surface area contributed by atoms with Gasteiger partial charge < -0.3 is 5.32 Å². The molecule has 1 aromatic heterocycles. The predicted octanol–water partition coefficient (Wildman–Crippen LogP) is 0.792. The Morgan fingerprint density at radius 2 is 2.30 bits per heavy atom. The van der Waals surface area contributed by atoms with Crippen molar-refractivity contribution in [3.8, 4) is 0 Å². The summed E-state index contributed by atoms with van der Waals surface area (Å²) in [6.45, 7) is 0.00179. The molecular formula is C11H10FN5O3. The van der Waals surface area contributed by atoms with Gasteiger partial charge in [-0.05, 0) is 6.07 Å². The van der Waals surface area contributed by atoms with E-state index in [1.807, 2.05) is 0 Å². The highest BCUT2D eigenvalue weighted by atomic mass is 19.1. The van der Waals surface area contributed by atoms with Crippen LogP contribution in [0.4, 0.5) is 10.1 Å². The number of rotatable bonds is 4. The standard InChI is InChI=1S/C11H10FN5O3/c1-16-6-14-10(15-16)5-13-11(18)8-4-7(17(19)20)2-3-9(8)12/h2-4,6H,5H2,1H3,(H,13,18). The first-order valence-electron chi connectivity index (χ1n) is 5.54. The van der Waals surface area contributed by atoms with Gasteiger partial charge in [0.05, 0.1) is 17.0 Å². The molecule has 0 fully saturated rings. The molecule has 1 N–H and O–H groups in total. The Morgan fingerprint density at radius 3 is 2.90 bits per heavy atom. The summed E-state index contributed by atoms with van der Waals surface area (Å²) in [7, 11) is 1.67. The van der Waals surface area contributed by atoms with Crippen molar-refractivity contribution in [2.45, 2.75) is 6.54 Å². The van der Waals surface area contributed by atoms with E-state index in [1.54, 1.807) is 7.05 Å². The van der Waals surface area contributed by atoms with Crippen LogP contribution in [0.3, 0.4) is 0 Å². The molecule has 0 radical (unpaired) electrons. The van der Waals surface area contributed by atoms with E-state index in [0.717, 1.165) is 18.2 Å². The second-order valence-corrected chi connectivity index (χ2v) is 3.94. The summed E-state index contributed by atoms with van der Waals surface area (Å²) in [6.07, 6.45) is 1.45. The number of carbonyl (C=O) groups excluding carboxylic acids is 1. The van der Waals surface area contributed by atoms with Crippen molar-refractivity contribution in [1.29, 1.82) is 0 Å². The lowest BCUT2D eigenvalue weighted by Crippen LogP contribution is -2.24. The van der Waals surface area contributed by atoms with Crippen LogP contribution in [0.25, 0.3) is 0 Å². The van der Waals surface area contributed by atoms with Crippen LogP contribution in [-0.4, -0.2) is 25.6 Å². The van der Waals surface area contributed by atoms with Crippen molar-refractivity contribution in [1.82, 2.24) is 20.1 Å². The van der Waals surface area contributed by atoms with E-state index in [9.17, 15) is 19.3 Å². The molecule has 0 unspecified atom stereocenters. The van der Waals surface area contributed by atoms with Crippen LogP contribution in [0, 0.1) is 15.9 Å². The maximum Gasteiger partial charge on any atom is 0.270 e. The highest BCUT2D eigenvalue weighted by Crippen LogP contribution is 2.16. The molecule has 0 atom stereocenters. The number of nitro benzene ring substituents is 1. The quantitative estimate of drug-likeness (QED) is 0.658. The molecule has 0 saturated carbocycles. The van der Waals surface area contributed by atoms with Crippen molar-refractivity contribution in [2.24, 2.45) is 7.05 Å². The monoisotopic (exact) mass is 279 g/mol. The molecule has 0 bridgehead atoms. The highest BCUT2D eigenvalue weighted by molar-refractivity contribution is 5.95. The second-order valence-electron chi connectivity index (χ2n) is 3.94. The van der Waals surface area contributed by atoms with Gasteiger partial charge in [0.15, 0.2) is 5.82 Å². The molecule has 0 aliphatic heterocycles. The Labute approximate surface area is 112 Å². The van der Waals surface area contributed by atoms with Gasteiger partial charge in [-0.25, -0.2) is 9.37 Å². The third-order valence-electron chi connectivity index (χ3n) is 2.46. The molecule has 1 heterocycles. The van der Waals surface area contributed by atoms with E-state index in [4.69, 9.17) is 0 Å².